The van der Waals surface area contributed by atoms with Crippen LogP contribution in [0.15, 0.2) is 101 Å². The van der Waals surface area contributed by atoms with Gasteiger partial charge in [0.25, 0.3) is 0 Å². The summed E-state index contributed by atoms with van der Waals surface area (Å²) in [5.74, 6) is 1.01. The molecular formula is C31H28BrN3O. The lowest BCUT2D eigenvalue weighted by molar-refractivity contribution is -0.150. The highest BCUT2D eigenvalue weighted by Crippen LogP contribution is 2.50. The van der Waals surface area contributed by atoms with Gasteiger partial charge in [-0.2, -0.15) is 5.10 Å². The average Bonchev–Trinajstić information content (AvgIpc) is 3.38. The van der Waals surface area contributed by atoms with Crippen LogP contribution in [0, 0.1) is 0 Å². The van der Waals surface area contributed by atoms with E-state index in [2.05, 4.69) is 117 Å². The van der Waals surface area contributed by atoms with E-state index in [-0.39, 0.29) is 6.04 Å². The van der Waals surface area contributed by atoms with E-state index in [4.69, 9.17) is 9.84 Å². The van der Waals surface area contributed by atoms with Gasteiger partial charge in [0.1, 0.15) is 5.75 Å². The molecule has 1 atom stereocenters. The molecule has 0 radical (unpaired) electrons. The molecular weight excluding hydrogens is 510 g/mol. The van der Waals surface area contributed by atoms with Gasteiger partial charge in [0, 0.05) is 48.9 Å². The summed E-state index contributed by atoms with van der Waals surface area (Å²) in [5, 5.41) is 10.1. The number of rotatable bonds is 3. The van der Waals surface area contributed by atoms with E-state index in [9.17, 15) is 0 Å². The van der Waals surface area contributed by atoms with Gasteiger partial charge in [0.15, 0.2) is 0 Å². The molecule has 4 aromatic carbocycles. The molecule has 36 heavy (non-hydrogen) atoms. The first kappa shape index (κ1) is 22.1. The number of likely N-dealkylation sites (tertiary alicyclic amines) is 1. The van der Waals surface area contributed by atoms with Gasteiger partial charge in [-0.1, -0.05) is 82.7 Å². The average molecular weight is 538 g/mol. The molecule has 0 aromatic heterocycles. The molecule has 1 unspecified atom stereocenters. The second-order valence-corrected chi connectivity index (χ2v) is 11.1. The summed E-state index contributed by atoms with van der Waals surface area (Å²) in [7, 11) is 0. The van der Waals surface area contributed by atoms with Crippen molar-refractivity contribution < 1.29 is 4.74 Å². The summed E-state index contributed by atoms with van der Waals surface area (Å²) in [6.07, 6.45) is 2.75. The molecule has 0 bridgehead atoms. The Bertz CT molecular complexity index is 1460. The molecule has 1 saturated heterocycles. The number of hydrazone groups is 1. The van der Waals surface area contributed by atoms with Gasteiger partial charge in [-0.3, -0.25) is 4.90 Å². The van der Waals surface area contributed by atoms with Crippen LogP contribution in [-0.4, -0.2) is 34.4 Å². The molecule has 3 aliphatic rings. The molecule has 180 valence electrons. The fraction of sp³-hybridized carbons (Fsp3) is 0.258. The lowest BCUT2D eigenvalue weighted by Crippen LogP contribution is -2.59. The molecule has 3 heterocycles. The molecule has 0 N–H and O–H groups in total. The van der Waals surface area contributed by atoms with E-state index in [0.717, 1.165) is 54.8 Å². The van der Waals surface area contributed by atoms with Crippen LogP contribution in [0.25, 0.3) is 10.8 Å². The number of hydrogen-bond acceptors (Lipinski definition) is 4. The largest absolute Gasteiger partial charge is 0.466 e. The van der Waals surface area contributed by atoms with Gasteiger partial charge in [0.05, 0.1) is 11.8 Å². The lowest BCUT2D eigenvalue weighted by Gasteiger charge is -2.51. The van der Waals surface area contributed by atoms with Gasteiger partial charge < -0.3 is 4.74 Å². The molecule has 0 aliphatic carbocycles. The number of halogens is 1. The van der Waals surface area contributed by atoms with Gasteiger partial charge in [-0.25, -0.2) is 5.01 Å². The number of fused-ring (bicyclic) bond motifs is 5. The Kier molecular flexibility index (Phi) is 5.37. The zero-order chi connectivity index (χ0) is 24.1. The molecule has 1 spiro atoms. The van der Waals surface area contributed by atoms with Crippen LogP contribution in [0.4, 0.5) is 0 Å². The molecule has 7 rings (SSSR count). The molecule has 4 nitrogen and oxygen atoms in total. The van der Waals surface area contributed by atoms with E-state index in [1.54, 1.807) is 0 Å². The van der Waals surface area contributed by atoms with Crippen molar-refractivity contribution in [2.75, 3.05) is 13.1 Å². The van der Waals surface area contributed by atoms with Crippen LogP contribution in [0.1, 0.15) is 42.0 Å². The van der Waals surface area contributed by atoms with Crippen LogP contribution >= 0.6 is 15.9 Å². The molecule has 3 aliphatic heterocycles. The monoisotopic (exact) mass is 537 g/mol. The van der Waals surface area contributed by atoms with Crippen molar-refractivity contribution in [1.29, 1.82) is 0 Å². The maximum absolute atomic E-state index is 6.85. The van der Waals surface area contributed by atoms with Crippen LogP contribution in [0.3, 0.4) is 0 Å². The van der Waals surface area contributed by atoms with Crippen molar-refractivity contribution in [3.63, 3.8) is 0 Å². The SMILES string of the molecule is Brc1ccc2c(c1)C1CC(c3ccc4ccccc4c3)=NN1C1(CCN(Cc3ccccc3)CC1)O2. The van der Waals surface area contributed by atoms with Gasteiger partial charge in [-0.15, -0.1) is 0 Å². The molecule has 0 saturated carbocycles. The van der Waals surface area contributed by atoms with Crippen LogP contribution in [0.5, 0.6) is 5.75 Å². The number of nitrogens with zero attached hydrogens (tertiary/aromatic N) is 3. The first-order valence-electron chi connectivity index (χ1n) is 12.8. The van der Waals surface area contributed by atoms with Crippen molar-refractivity contribution >= 4 is 32.4 Å². The quantitative estimate of drug-likeness (QED) is 0.278. The zero-order valence-corrected chi connectivity index (χ0v) is 21.7. The van der Waals surface area contributed by atoms with Gasteiger partial charge in [0.2, 0.25) is 5.72 Å². The minimum atomic E-state index is -0.405. The van der Waals surface area contributed by atoms with E-state index < -0.39 is 5.72 Å². The van der Waals surface area contributed by atoms with E-state index in [1.165, 1.54) is 27.5 Å². The van der Waals surface area contributed by atoms with Crippen molar-refractivity contribution in [3.05, 3.63) is 112 Å². The number of ether oxygens (including phenoxy) is 1. The highest BCUT2D eigenvalue weighted by molar-refractivity contribution is 9.10. The Morgan fingerprint density at radius 1 is 0.861 bits per heavy atom. The predicted molar refractivity (Wildman–Crippen MR) is 148 cm³/mol. The topological polar surface area (TPSA) is 28.1 Å². The minimum Gasteiger partial charge on any atom is -0.466 e. The summed E-state index contributed by atoms with van der Waals surface area (Å²) >= 11 is 3.68. The van der Waals surface area contributed by atoms with E-state index in [1.807, 2.05) is 0 Å². The van der Waals surface area contributed by atoms with Gasteiger partial charge in [-0.05, 0) is 46.2 Å². The van der Waals surface area contributed by atoms with Crippen molar-refractivity contribution in [2.45, 2.75) is 37.6 Å². The van der Waals surface area contributed by atoms with E-state index in [0.29, 0.717) is 0 Å². The lowest BCUT2D eigenvalue weighted by atomic mass is 9.90. The second kappa shape index (κ2) is 8.75. The van der Waals surface area contributed by atoms with Crippen molar-refractivity contribution in [3.8, 4) is 5.75 Å². The number of benzene rings is 4. The highest BCUT2D eigenvalue weighted by Gasteiger charge is 2.51. The first-order chi connectivity index (χ1) is 17.7. The summed E-state index contributed by atoms with van der Waals surface area (Å²) in [5.41, 5.74) is 4.53. The van der Waals surface area contributed by atoms with Crippen LogP contribution in [-0.2, 0) is 6.54 Å². The Morgan fingerprint density at radius 2 is 1.64 bits per heavy atom. The Labute approximate surface area is 220 Å². The smallest absolute Gasteiger partial charge is 0.200 e. The third kappa shape index (κ3) is 3.82. The summed E-state index contributed by atoms with van der Waals surface area (Å²) < 4.78 is 7.93. The first-order valence-corrected chi connectivity index (χ1v) is 13.6. The third-order valence-corrected chi connectivity index (χ3v) is 8.42. The predicted octanol–water partition coefficient (Wildman–Crippen LogP) is 7.14. The van der Waals surface area contributed by atoms with Crippen LogP contribution in [0.2, 0.25) is 0 Å². The minimum absolute atomic E-state index is 0.188. The summed E-state index contributed by atoms with van der Waals surface area (Å²) in [6, 6.07) is 32.6. The summed E-state index contributed by atoms with van der Waals surface area (Å²) in [6.45, 7) is 2.96. The third-order valence-electron chi connectivity index (χ3n) is 7.93. The normalized spacial score (nSPS) is 20.6. The second-order valence-electron chi connectivity index (χ2n) is 10.2. The maximum atomic E-state index is 6.85. The summed E-state index contributed by atoms with van der Waals surface area (Å²) in [4.78, 5) is 2.54. The Balaban J connectivity index is 1.22. The van der Waals surface area contributed by atoms with E-state index >= 15 is 0 Å². The standard InChI is InChI=1S/C31H28BrN3O/c32-26-12-13-30-27(19-26)29-20-28(25-11-10-23-8-4-5-9-24(23)18-25)33-35(29)31(36-30)14-16-34(17-15-31)21-22-6-2-1-3-7-22/h1-13,18-19,29H,14-17,20-21H2. The zero-order valence-electron chi connectivity index (χ0n) is 20.1. The molecule has 4 aromatic rings. The number of hydrogen-bond donors (Lipinski definition) is 0. The van der Waals surface area contributed by atoms with Crippen molar-refractivity contribution in [1.82, 2.24) is 9.91 Å². The molecule has 5 heteroatoms. The fourth-order valence-corrected chi connectivity index (χ4v) is 6.41. The highest BCUT2D eigenvalue weighted by atomic mass is 79.9. The van der Waals surface area contributed by atoms with Gasteiger partial charge >= 0.3 is 0 Å². The van der Waals surface area contributed by atoms with Crippen molar-refractivity contribution in [2.24, 2.45) is 5.10 Å². The maximum Gasteiger partial charge on any atom is 0.200 e. The van der Waals surface area contributed by atoms with Crippen LogP contribution < -0.4 is 4.74 Å². The fourth-order valence-electron chi connectivity index (χ4n) is 6.03. The number of piperidine rings is 1. The molecule has 0 amide bonds. The Morgan fingerprint density at radius 3 is 2.47 bits per heavy atom. The molecule has 1 fully saturated rings. The Hall–Kier alpha value is -3.15.